The van der Waals surface area contributed by atoms with Crippen molar-refractivity contribution < 1.29 is 28.4 Å². The number of hydrogen-bond acceptors (Lipinski definition) is 6. The lowest BCUT2D eigenvalue weighted by atomic mass is 9.89. The molecule has 120 valence electrons. The first-order chi connectivity index (χ1) is 9.73. The van der Waals surface area contributed by atoms with E-state index in [0.717, 1.165) is 0 Å². The molecular formula is C15H24O6. The number of hydrogen-bond donors (Lipinski definition) is 0. The van der Waals surface area contributed by atoms with Crippen molar-refractivity contribution in [2.75, 3.05) is 13.7 Å². The molecule has 3 aliphatic heterocycles. The molecule has 0 aliphatic carbocycles. The fourth-order valence-corrected chi connectivity index (χ4v) is 3.34. The Bertz CT molecular complexity index is 434. The van der Waals surface area contributed by atoms with Crippen LogP contribution in [0.25, 0.3) is 0 Å². The highest BCUT2D eigenvalue weighted by Gasteiger charge is 2.65. The SMILES string of the molecule is C=C[C@@]1(OC)[C@@H]([C@H]2COC(C)(C)O2)O[C@@H]2OC(C)(C)O[C@@H]21. The first-order valence-corrected chi connectivity index (χ1v) is 7.25. The summed E-state index contributed by atoms with van der Waals surface area (Å²) in [5.41, 5.74) is -0.827. The molecule has 0 saturated carbocycles. The van der Waals surface area contributed by atoms with Gasteiger partial charge in [-0.1, -0.05) is 6.08 Å². The number of fused-ring (bicyclic) bond motifs is 1. The van der Waals surface area contributed by atoms with Crippen molar-refractivity contribution in [3.05, 3.63) is 12.7 Å². The van der Waals surface area contributed by atoms with Crippen LogP contribution in [0.5, 0.6) is 0 Å². The van der Waals surface area contributed by atoms with Crippen LogP contribution in [0, 0.1) is 0 Å². The maximum atomic E-state index is 6.05. The zero-order chi connectivity index (χ0) is 15.5. The number of methoxy groups -OCH3 is 1. The Labute approximate surface area is 125 Å². The Hall–Kier alpha value is -0.500. The molecule has 3 fully saturated rings. The molecule has 3 rings (SSSR count). The topological polar surface area (TPSA) is 55.4 Å². The van der Waals surface area contributed by atoms with Gasteiger partial charge in [-0.15, -0.1) is 6.58 Å². The Kier molecular flexibility index (Phi) is 3.48. The summed E-state index contributed by atoms with van der Waals surface area (Å²) in [6.45, 7) is 11.8. The summed E-state index contributed by atoms with van der Waals surface area (Å²) >= 11 is 0. The molecule has 0 radical (unpaired) electrons. The Morgan fingerprint density at radius 1 is 1.05 bits per heavy atom. The van der Waals surface area contributed by atoms with Gasteiger partial charge in [-0.25, -0.2) is 0 Å². The van der Waals surface area contributed by atoms with Crippen LogP contribution in [0.4, 0.5) is 0 Å². The van der Waals surface area contributed by atoms with E-state index in [2.05, 4.69) is 6.58 Å². The molecule has 0 amide bonds. The van der Waals surface area contributed by atoms with E-state index in [4.69, 9.17) is 28.4 Å². The van der Waals surface area contributed by atoms with E-state index < -0.39 is 29.6 Å². The molecule has 6 nitrogen and oxygen atoms in total. The third-order valence-corrected chi connectivity index (χ3v) is 4.27. The molecule has 0 spiro atoms. The van der Waals surface area contributed by atoms with Gasteiger partial charge in [0.2, 0.25) is 0 Å². The van der Waals surface area contributed by atoms with E-state index in [1.54, 1.807) is 13.2 Å². The van der Waals surface area contributed by atoms with Gasteiger partial charge in [-0.05, 0) is 27.7 Å². The van der Waals surface area contributed by atoms with Gasteiger partial charge in [-0.3, -0.25) is 0 Å². The standard InChI is InChI=1S/C15H24O6/c1-7-15(16-6)10(9-8-17-13(2,3)19-9)18-12-11(15)20-14(4,5)21-12/h7,9-12H,1,8H2,2-6H3/t9-,10-,11+,12-,15-/m1/s1. The minimum absolute atomic E-state index is 0.265. The maximum absolute atomic E-state index is 6.05. The molecule has 5 atom stereocenters. The maximum Gasteiger partial charge on any atom is 0.191 e. The fraction of sp³-hybridized carbons (Fsp3) is 0.867. The van der Waals surface area contributed by atoms with Crippen LogP contribution < -0.4 is 0 Å². The molecule has 0 aromatic heterocycles. The lowest BCUT2D eigenvalue weighted by Gasteiger charge is -2.36. The second kappa shape index (κ2) is 4.75. The highest BCUT2D eigenvalue weighted by molar-refractivity contribution is 5.17. The summed E-state index contributed by atoms with van der Waals surface area (Å²) in [6.07, 6.45) is 0.177. The van der Waals surface area contributed by atoms with Crippen LogP contribution in [0.3, 0.4) is 0 Å². The van der Waals surface area contributed by atoms with Gasteiger partial charge < -0.3 is 28.4 Å². The average molecular weight is 300 g/mol. The molecule has 21 heavy (non-hydrogen) atoms. The van der Waals surface area contributed by atoms with E-state index in [-0.39, 0.29) is 12.2 Å². The zero-order valence-electron chi connectivity index (χ0n) is 13.3. The molecule has 6 heteroatoms. The van der Waals surface area contributed by atoms with Gasteiger partial charge in [0, 0.05) is 7.11 Å². The van der Waals surface area contributed by atoms with Gasteiger partial charge in [0.15, 0.2) is 17.9 Å². The highest BCUT2D eigenvalue weighted by atomic mass is 16.9. The van der Waals surface area contributed by atoms with Gasteiger partial charge in [0.05, 0.1) is 6.61 Å². The molecule has 0 aromatic carbocycles. The van der Waals surface area contributed by atoms with Crippen LogP contribution in [0.1, 0.15) is 27.7 Å². The predicted molar refractivity (Wildman–Crippen MR) is 73.5 cm³/mol. The van der Waals surface area contributed by atoms with Gasteiger partial charge in [0.25, 0.3) is 0 Å². The second-order valence-corrected chi connectivity index (χ2v) is 6.61. The van der Waals surface area contributed by atoms with Crippen LogP contribution in [-0.4, -0.2) is 55.5 Å². The minimum Gasteiger partial charge on any atom is -0.368 e. The lowest BCUT2D eigenvalue weighted by molar-refractivity contribution is -0.244. The van der Waals surface area contributed by atoms with Crippen molar-refractivity contribution in [1.82, 2.24) is 0 Å². The second-order valence-electron chi connectivity index (χ2n) is 6.61. The Morgan fingerprint density at radius 3 is 2.29 bits per heavy atom. The minimum atomic E-state index is -0.827. The predicted octanol–water partition coefficient (Wildman–Crippen LogP) is 1.59. The summed E-state index contributed by atoms with van der Waals surface area (Å²) in [4.78, 5) is 0. The van der Waals surface area contributed by atoms with E-state index >= 15 is 0 Å². The largest absolute Gasteiger partial charge is 0.368 e. The van der Waals surface area contributed by atoms with E-state index in [1.807, 2.05) is 27.7 Å². The van der Waals surface area contributed by atoms with Crippen molar-refractivity contribution in [2.45, 2.75) is 69.5 Å². The molecule has 0 N–H and O–H groups in total. The molecule has 0 unspecified atom stereocenters. The summed E-state index contributed by atoms with van der Waals surface area (Å²) in [7, 11) is 1.62. The first-order valence-electron chi connectivity index (χ1n) is 7.25. The summed E-state index contributed by atoms with van der Waals surface area (Å²) < 4.78 is 35.1. The quantitative estimate of drug-likeness (QED) is 0.738. The Balaban J connectivity index is 1.87. The summed E-state index contributed by atoms with van der Waals surface area (Å²) in [5.74, 6) is -1.34. The molecule has 3 aliphatic rings. The highest BCUT2D eigenvalue weighted by Crippen LogP contribution is 2.48. The number of ether oxygens (including phenoxy) is 6. The van der Waals surface area contributed by atoms with Gasteiger partial charge in [-0.2, -0.15) is 0 Å². The van der Waals surface area contributed by atoms with Crippen molar-refractivity contribution in [1.29, 1.82) is 0 Å². The van der Waals surface area contributed by atoms with E-state index in [9.17, 15) is 0 Å². The average Bonchev–Trinajstić information content (AvgIpc) is 2.98. The molecule has 3 saturated heterocycles. The van der Waals surface area contributed by atoms with Crippen LogP contribution in [0.2, 0.25) is 0 Å². The van der Waals surface area contributed by atoms with Crippen LogP contribution in [0.15, 0.2) is 12.7 Å². The fourth-order valence-electron chi connectivity index (χ4n) is 3.34. The van der Waals surface area contributed by atoms with Crippen LogP contribution >= 0.6 is 0 Å². The molecule has 0 bridgehead atoms. The van der Waals surface area contributed by atoms with Crippen molar-refractivity contribution in [2.24, 2.45) is 0 Å². The third kappa shape index (κ3) is 2.34. The normalized spacial score (nSPS) is 47.5. The van der Waals surface area contributed by atoms with Crippen molar-refractivity contribution >= 4 is 0 Å². The Morgan fingerprint density at radius 2 is 1.76 bits per heavy atom. The van der Waals surface area contributed by atoms with Crippen molar-refractivity contribution in [3.63, 3.8) is 0 Å². The van der Waals surface area contributed by atoms with E-state index in [1.165, 1.54) is 0 Å². The molecule has 3 heterocycles. The molecular weight excluding hydrogens is 276 g/mol. The van der Waals surface area contributed by atoms with Gasteiger partial charge in [0.1, 0.15) is 23.9 Å². The number of rotatable bonds is 3. The third-order valence-electron chi connectivity index (χ3n) is 4.27. The monoisotopic (exact) mass is 300 g/mol. The lowest BCUT2D eigenvalue weighted by Crippen LogP contribution is -2.54. The summed E-state index contributed by atoms with van der Waals surface area (Å²) in [6, 6.07) is 0. The first kappa shape index (κ1) is 15.4. The summed E-state index contributed by atoms with van der Waals surface area (Å²) in [5, 5.41) is 0. The smallest absolute Gasteiger partial charge is 0.191 e. The van der Waals surface area contributed by atoms with Gasteiger partial charge >= 0.3 is 0 Å². The van der Waals surface area contributed by atoms with E-state index in [0.29, 0.717) is 6.61 Å². The zero-order valence-corrected chi connectivity index (χ0v) is 13.3. The van der Waals surface area contributed by atoms with Crippen molar-refractivity contribution in [3.8, 4) is 0 Å². The molecule has 0 aromatic rings. The van der Waals surface area contributed by atoms with Crippen LogP contribution in [-0.2, 0) is 28.4 Å².